The van der Waals surface area contributed by atoms with Gasteiger partial charge in [0.1, 0.15) is 22.9 Å². The molecule has 200 valence electrons. The second-order valence-corrected chi connectivity index (χ2v) is 11.0. The summed E-state index contributed by atoms with van der Waals surface area (Å²) < 4.78 is 26.0. The molecule has 0 atom stereocenters. The second kappa shape index (κ2) is 10.9. The van der Waals surface area contributed by atoms with Gasteiger partial charge in [-0.05, 0) is 82.2 Å². The number of ether oxygens (including phenoxy) is 1. The van der Waals surface area contributed by atoms with Crippen molar-refractivity contribution in [3.63, 3.8) is 0 Å². The van der Waals surface area contributed by atoms with E-state index in [-0.39, 0.29) is 11.7 Å². The van der Waals surface area contributed by atoms with Crippen LogP contribution < -0.4 is 4.74 Å². The Balaban J connectivity index is 1.09. The third-order valence-corrected chi connectivity index (χ3v) is 6.65. The lowest BCUT2D eigenvalue weighted by molar-refractivity contribution is 0.00199. The summed E-state index contributed by atoms with van der Waals surface area (Å²) in [5.74, 6) is 1.78. The second-order valence-electron chi connectivity index (χ2n) is 11.0. The first-order valence-electron chi connectivity index (χ1n) is 13.1. The summed E-state index contributed by atoms with van der Waals surface area (Å²) in [6.07, 6.45) is 7.03. The fourth-order valence-electron chi connectivity index (χ4n) is 4.32. The van der Waals surface area contributed by atoms with Gasteiger partial charge >= 0.3 is 0 Å². The highest BCUT2D eigenvalue weighted by atomic mass is 19.1. The fraction of sp³-hybridized carbons (Fsp3) is 0.448. The minimum absolute atomic E-state index is 0.0643. The molecule has 0 N–H and O–H groups in total. The molecule has 0 spiro atoms. The van der Waals surface area contributed by atoms with Crippen molar-refractivity contribution >= 4 is 12.1 Å². The molecule has 1 aliphatic carbocycles. The Labute approximate surface area is 221 Å². The molecule has 2 aromatic heterocycles. The van der Waals surface area contributed by atoms with E-state index >= 15 is 0 Å². The molecule has 2 aliphatic rings. The average molecular weight is 521 g/mol. The van der Waals surface area contributed by atoms with Crippen molar-refractivity contribution in [3.05, 3.63) is 65.4 Å². The molecule has 1 amide bonds. The van der Waals surface area contributed by atoms with E-state index in [1.165, 1.54) is 12.3 Å². The minimum atomic E-state index is -0.406. The van der Waals surface area contributed by atoms with Crippen LogP contribution in [0.2, 0.25) is 0 Å². The van der Waals surface area contributed by atoms with Crippen LogP contribution in [0, 0.1) is 11.7 Å². The van der Waals surface area contributed by atoms with E-state index in [2.05, 4.69) is 15.3 Å². The Bertz CT molecular complexity index is 1290. The molecule has 1 saturated carbocycles. The summed E-state index contributed by atoms with van der Waals surface area (Å²) in [6, 6.07) is 10.2. The zero-order chi connectivity index (χ0) is 26.7. The van der Waals surface area contributed by atoms with Crippen LogP contribution in [0.15, 0.2) is 52.3 Å². The molecule has 0 unspecified atom stereocenters. The van der Waals surface area contributed by atoms with Gasteiger partial charge in [-0.15, -0.1) is 0 Å². The van der Waals surface area contributed by atoms with Crippen LogP contribution in [0.25, 0.3) is 11.3 Å². The lowest BCUT2D eigenvalue weighted by atomic mass is 9.97. The molecule has 0 radical (unpaired) electrons. The van der Waals surface area contributed by atoms with Gasteiger partial charge in [-0.3, -0.25) is 9.78 Å². The average Bonchev–Trinajstić information content (AvgIpc) is 3.63. The van der Waals surface area contributed by atoms with E-state index in [1.807, 2.05) is 25.7 Å². The normalized spacial score (nSPS) is 16.7. The third-order valence-electron chi connectivity index (χ3n) is 6.65. The zero-order valence-electron chi connectivity index (χ0n) is 22.0. The summed E-state index contributed by atoms with van der Waals surface area (Å²) in [4.78, 5) is 24.3. The van der Waals surface area contributed by atoms with Crippen LogP contribution in [0.1, 0.15) is 74.2 Å². The van der Waals surface area contributed by atoms with Gasteiger partial charge in [-0.2, -0.15) is 0 Å². The van der Waals surface area contributed by atoms with Crippen molar-refractivity contribution < 1.29 is 23.3 Å². The van der Waals surface area contributed by atoms with Crippen molar-refractivity contribution in [2.75, 3.05) is 19.7 Å². The van der Waals surface area contributed by atoms with Crippen LogP contribution in [-0.4, -0.2) is 52.5 Å². The standard InChI is InChI=1S/C29H33FN4O4/c1-29(2,3)38-32-16-20-4-8-23(24(30)14-20)25-9-7-22(17-31-25)36-18-19-10-12-34(13-11-19)28(35)26-15-27(37-33-26)21-5-6-21/h4,7-9,14-17,19,21H,5-6,10-13,18H2,1-3H3/b32-16+. The quantitative estimate of drug-likeness (QED) is 0.274. The number of aromatic nitrogens is 2. The molecule has 1 aromatic carbocycles. The summed E-state index contributed by atoms with van der Waals surface area (Å²) >= 11 is 0. The maximum atomic E-state index is 14.7. The number of carbonyl (C=O) groups is 1. The largest absolute Gasteiger partial charge is 0.492 e. The van der Waals surface area contributed by atoms with Gasteiger partial charge < -0.3 is 19.0 Å². The molecule has 3 heterocycles. The van der Waals surface area contributed by atoms with Crippen LogP contribution in [0.3, 0.4) is 0 Å². The molecule has 1 saturated heterocycles. The number of piperidine rings is 1. The van der Waals surface area contributed by atoms with Crippen LogP contribution >= 0.6 is 0 Å². The Hall–Kier alpha value is -3.75. The van der Waals surface area contributed by atoms with Gasteiger partial charge in [0, 0.05) is 30.6 Å². The number of carbonyl (C=O) groups excluding carboxylic acids is 1. The Kier molecular flexibility index (Phi) is 7.44. The van der Waals surface area contributed by atoms with E-state index in [9.17, 15) is 9.18 Å². The summed E-state index contributed by atoms with van der Waals surface area (Å²) in [5.41, 5.74) is 1.53. The molecule has 8 nitrogen and oxygen atoms in total. The topological polar surface area (TPSA) is 90.1 Å². The van der Waals surface area contributed by atoms with Gasteiger partial charge in [-0.1, -0.05) is 16.4 Å². The molecule has 3 aromatic rings. The predicted molar refractivity (Wildman–Crippen MR) is 141 cm³/mol. The maximum absolute atomic E-state index is 14.7. The van der Waals surface area contributed by atoms with Gasteiger partial charge in [0.2, 0.25) is 0 Å². The monoisotopic (exact) mass is 520 g/mol. The van der Waals surface area contributed by atoms with Gasteiger partial charge in [0.15, 0.2) is 5.69 Å². The van der Waals surface area contributed by atoms with Gasteiger partial charge in [-0.25, -0.2) is 4.39 Å². The molecule has 2 fully saturated rings. The minimum Gasteiger partial charge on any atom is -0.492 e. The first-order valence-corrected chi connectivity index (χ1v) is 13.1. The number of rotatable bonds is 8. The van der Waals surface area contributed by atoms with Crippen molar-refractivity contribution in [1.29, 1.82) is 0 Å². The van der Waals surface area contributed by atoms with Crippen molar-refractivity contribution in [2.24, 2.45) is 11.1 Å². The van der Waals surface area contributed by atoms with E-state index < -0.39 is 5.60 Å². The van der Waals surface area contributed by atoms with Gasteiger partial charge in [0.05, 0.1) is 24.7 Å². The smallest absolute Gasteiger partial charge is 0.276 e. The van der Waals surface area contributed by atoms with Crippen LogP contribution in [-0.2, 0) is 4.84 Å². The van der Waals surface area contributed by atoms with E-state index in [0.717, 1.165) is 31.4 Å². The van der Waals surface area contributed by atoms with Gasteiger partial charge in [0.25, 0.3) is 5.91 Å². The molecule has 9 heteroatoms. The van der Waals surface area contributed by atoms with Crippen LogP contribution in [0.4, 0.5) is 4.39 Å². The predicted octanol–water partition coefficient (Wildman–Crippen LogP) is 5.83. The summed E-state index contributed by atoms with van der Waals surface area (Å²) in [7, 11) is 0. The zero-order valence-corrected chi connectivity index (χ0v) is 22.0. The molecule has 38 heavy (non-hydrogen) atoms. The maximum Gasteiger partial charge on any atom is 0.276 e. The van der Waals surface area contributed by atoms with Crippen LogP contribution in [0.5, 0.6) is 5.75 Å². The van der Waals surface area contributed by atoms with E-state index in [1.54, 1.807) is 36.5 Å². The number of hydrogen-bond acceptors (Lipinski definition) is 7. The highest BCUT2D eigenvalue weighted by molar-refractivity contribution is 5.92. The van der Waals surface area contributed by atoms with Crippen molar-refractivity contribution in [3.8, 4) is 17.0 Å². The van der Waals surface area contributed by atoms with Crippen molar-refractivity contribution in [1.82, 2.24) is 15.0 Å². The highest BCUT2D eigenvalue weighted by Gasteiger charge is 2.31. The SMILES string of the molecule is CC(C)(C)O/N=C/c1ccc(-c2ccc(OCC3CCN(C(=O)c4cc(C5CC5)on4)CC3)cn2)c(F)c1. The Morgan fingerprint density at radius 2 is 1.95 bits per heavy atom. The number of hydrogen-bond donors (Lipinski definition) is 0. The van der Waals surface area contributed by atoms with E-state index in [0.29, 0.717) is 59.8 Å². The van der Waals surface area contributed by atoms with Crippen molar-refractivity contribution in [2.45, 2.75) is 58.0 Å². The number of oxime groups is 1. The summed E-state index contributed by atoms with van der Waals surface area (Å²) in [6.45, 7) is 7.55. The number of pyridine rings is 1. The number of likely N-dealkylation sites (tertiary alicyclic amines) is 1. The first kappa shape index (κ1) is 25.9. The highest BCUT2D eigenvalue weighted by Crippen LogP contribution is 2.40. The molecule has 0 bridgehead atoms. The van der Waals surface area contributed by atoms with E-state index in [4.69, 9.17) is 14.1 Å². The Morgan fingerprint density at radius 3 is 2.61 bits per heavy atom. The number of benzene rings is 1. The molecular formula is C29H33FN4O4. The molecule has 1 aliphatic heterocycles. The Morgan fingerprint density at radius 1 is 1.16 bits per heavy atom. The lowest BCUT2D eigenvalue weighted by Crippen LogP contribution is -2.39. The fourth-order valence-corrected chi connectivity index (χ4v) is 4.32. The lowest BCUT2D eigenvalue weighted by Gasteiger charge is -2.31. The number of amides is 1. The first-order chi connectivity index (χ1) is 18.2. The third kappa shape index (κ3) is 6.57. The number of halogens is 1. The number of nitrogens with zero attached hydrogens (tertiary/aromatic N) is 4. The summed E-state index contributed by atoms with van der Waals surface area (Å²) in [5, 5.41) is 7.89. The molecule has 5 rings (SSSR count). The molecular weight excluding hydrogens is 487 g/mol.